The van der Waals surface area contributed by atoms with Gasteiger partial charge in [-0.05, 0) is 31.2 Å². The van der Waals surface area contributed by atoms with Crippen LogP contribution in [0.4, 0.5) is 5.13 Å². The fraction of sp³-hybridized carbons (Fsp3) is 0.200. The van der Waals surface area contributed by atoms with Crippen LogP contribution in [0.3, 0.4) is 0 Å². The average molecular weight is 319 g/mol. The summed E-state index contributed by atoms with van der Waals surface area (Å²) >= 11 is 6.86. The van der Waals surface area contributed by atoms with Crippen LogP contribution in [0, 0.1) is 0 Å². The fourth-order valence-corrected chi connectivity index (χ4v) is 3.41. The van der Waals surface area contributed by atoms with Crippen molar-refractivity contribution in [2.24, 2.45) is 0 Å². The van der Waals surface area contributed by atoms with Gasteiger partial charge < -0.3 is 5.73 Å². The maximum atomic E-state index is 12.1. The van der Waals surface area contributed by atoms with Crippen LogP contribution in [0.2, 0.25) is 5.02 Å². The van der Waals surface area contributed by atoms with Gasteiger partial charge >= 0.3 is 0 Å². The standard InChI is InChI=1S/C10H11ClN4O2S2/c1-6(9-13-14-10(12)18-9)15-19(16,17)8-4-2-7(11)3-5-8/h2-6,15H,1H3,(H2,12,14). The Morgan fingerprint density at radius 2 is 1.95 bits per heavy atom. The topological polar surface area (TPSA) is 98.0 Å². The Morgan fingerprint density at radius 3 is 2.47 bits per heavy atom. The molecule has 19 heavy (non-hydrogen) atoms. The normalized spacial score (nSPS) is 13.4. The van der Waals surface area contributed by atoms with Crippen molar-refractivity contribution >= 4 is 38.1 Å². The molecule has 2 aromatic rings. The quantitative estimate of drug-likeness (QED) is 0.896. The molecule has 1 aromatic heterocycles. The van der Waals surface area contributed by atoms with Crippen molar-refractivity contribution in [3.05, 3.63) is 34.3 Å². The third kappa shape index (κ3) is 3.41. The van der Waals surface area contributed by atoms with E-state index in [2.05, 4.69) is 14.9 Å². The Kier molecular flexibility index (Phi) is 4.04. The molecule has 0 aliphatic rings. The molecule has 1 heterocycles. The van der Waals surface area contributed by atoms with E-state index in [1.165, 1.54) is 24.3 Å². The first-order chi connectivity index (χ1) is 8.88. The fourth-order valence-electron chi connectivity index (χ4n) is 1.39. The van der Waals surface area contributed by atoms with E-state index in [1.807, 2.05) is 0 Å². The summed E-state index contributed by atoms with van der Waals surface area (Å²) in [5, 5.41) is 8.73. The Labute approximate surface area is 119 Å². The first kappa shape index (κ1) is 14.2. The van der Waals surface area contributed by atoms with Gasteiger partial charge in [-0.3, -0.25) is 0 Å². The zero-order valence-electron chi connectivity index (χ0n) is 9.87. The van der Waals surface area contributed by atoms with Gasteiger partial charge in [-0.15, -0.1) is 10.2 Å². The van der Waals surface area contributed by atoms with Gasteiger partial charge in [0.25, 0.3) is 0 Å². The van der Waals surface area contributed by atoms with Crippen LogP contribution in [0.1, 0.15) is 18.0 Å². The summed E-state index contributed by atoms with van der Waals surface area (Å²) in [6, 6.07) is 5.40. The molecule has 1 unspecified atom stereocenters. The zero-order valence-corrected chi connectivity index (χ0v) is 12.3. The number of anilines is 1. The highest BCUT2D eigenvalue weighted by Gasteiger charge is 2.20. The van der Waals surface area contributed by atoms with Crippen LogP contribution in [0.15, 0.2) is 29.2 Å². The molecule has 102 valence electrons. The summed E-state index contributed by atoms with van der Waals surface area (Å²) in [6.07, 6.45) is 0. The Hall–Kier alpha value is -1.22. The first-order valence-corrected chi connectivity index (χ1v) is 7.93. The summed E-state index contributed by atoms with van der Waals surface area (Å²) in [7, 11) is -3.63. The zero-order chi connectivity index (χ0) is 14.0. The van der Waals surface area contributed by atoms with Crippen LogP contribution in [0.25, 0.3) is 0 Å². The lowest BCUT2D eigenvalue weighted by Crippen LogP contribution is -2.26. The van der Waals surface area contributed by atoms with Gasteiger partial charge in [0.1, 0.15) is 5.01 Å². The van der Waals surface area contributed by atoms with E-state index >= 15 is 0 Å². The number of nitrogens with one attached hydrogen (secondary N) is 1. The molecule has 6 nitrogen and oxygen atoms in total. The highest BCUT2D eigenvalue weighted by molar-refractivity contribution is 7.89. The molecule has 0 spiro atoms. The third-order valence-corrected chi connectivity index (χ3v) is 5.03. The molecule has 0 saturated carbocycles. The third-order valence-electron chi connectivity index (χ3n) is 2.28. The van der Waals surface area contributed by atoms with E-state index < -0.39 is 16.1 Å². The minimum atomic E-state index is -3.63. The minimum absolute atomic E-state index is 0.140. The molecule has 1 aromatic carbocycles. The van der Waals surface area contributed by atoms with E-state index in [0.717, 1.165) is 11.3 Å². The van der Waals surface area contributed by atoms with Gasteiger partial charge in [0, 0.05) is 5.02 Å². The Bertz CT molecular complexity index is 669. The molecule has 3 N–H and O–H groups in total. The van der Waals surface area contributed by atoms with Gasteiger partial charge in [-0.1, -0.05) is 22.9 Å². The molecule has 0 bridgehead atoms. The van der Waals surface area contributed by atoms with E-state index in [1.54, 1.807) is 6.92 Å². The number of halogens is 1. The summed E-state index contributed by atoms with van der Waals surface area (Å²) in [5.41, 5.74) is 5.46. The van der Waals surface area contributed by atoms with E-state index in [9.17, 15) is 8.42 Å². The van der Waals surface area contributed by atoms with Crippen LogP contribution in [-0.2, 0) is 10.0 Å². The number of benzene rings is 1. The number of hydrogen-bond donors (Lipinski definition) is 2. The molecule has 1 atom stereocenters. The second-order valence-electron chi connectivity index (χ2n) is 3.78. The molecule has 2 rings (SSSR count). The maximum Gasteiger partial charge on any atom is 0.241 e. The number of nitrogens with zero attached hydrogens (tertiary/aromatic N) is 2. The van der Waals surface area contributed by atoms with Crippen molar-refractivity contribution in [1.29, 1.82) is 0 Å². The van der Waals surface area contributed by atoms with E-state index in [-0.39, 0.29) is 4.90 Å². The summed E-state index contributed by atoms with van der Waals surface area (Å²) < 4.78 is 26.7. The number of aromatic nitrogens is 2. The maximum absolute atomic E-state index is 12.1. The number of nitrogen functional groups attached to an aromatic ring is 1. The number of hydrogen-bond acceptors (Lipinski definition) is 6. The highest BCUT2D eigenvalue weighted by Crippen LogP contribution is 2.21. The predicted molar refractivity (Wildman–Crippen MR) is 74.5 cm³/mol. The second kappa shape index (κ2) is 5.41. The minimum Gasteiger partial charge on any atom is -0.374 e. The molecular weight excluding hydrogens is 308 g/mol. The number of rotatable bonds is 4. The molecule has 0 saturated heterocycles. The van der Waals surface area contributed by atoms with Crippen molar-refractivity contribution in [3.8, 4) is 0 Å². The molecule has 0 aliphatic carbocycles. The van der Waals surface area contributed by atoms with Gasteiger partial charge in [0.05, 0.1) is 10.9 Å². The number of nitrogens with two attached hydrogens (primary N) is 1. The van der Waals surface area contributed by atoms with Crippen molar-refractivity contribution in [2.75, 3.05) is 5.73 Å². The monoisotopic (exact) mass is 318 g/mol. The summed E-state index contributed by atoms with van der Waals surface area (Å²) in [4.78, 5) is 0.140. The van der Waals surface area contributed by atoms with Crippen molar-refractivity contribution < 1.29 is 8.42 Å². The average Bonchev–Trinajstić information content (AvgIpc) is 2.76. The van der Waals surface area contributed by atoms with Crippen LogP contribution in [0.5, 0.6) is 0 Å². The van der Waals surface area contributed by atoms with Gasteiger partial charge in [0.15, 0.2) is 0 Å². The van der Waals surface area contributed by atoms with E-state index in [0.29, 0.717) is 15.2 Å². The summed E-state index contributed by atoms with van der Waals surface area (Å²) in [5.74, 6) is 0. The highest BCUT2D eigenvalue weighted by atomic mass is 35.5. The number of sulfonamides is 1. The molecule has 0 fully saturated rings. The van der Waals surface area contributed by atoms with Crippen molar-refractivity contribution in [3.63, 3.8) is 0 Å². The second-order valence-corrected chi connectivity index (χ2v) is 6.97. The van der Waals surface area contributed by atoms with E-state index in [4.69, 9.17) is 17.3 Å². The van der Waals surface area contributed by atoms with Crippen molar-refractivity contribution in [2.45, 2.75) is 17.9 Å². The molecule has 0 aliphatic heterocycles. The molecule has 0 radical (unpaired) electrons. The lowest BCUT2D eigenvalue weighted by Gasteiger charge is -2.11. The summed E-state index contributed by atoms with van der Waals surface area (Å²) in [6.45, 7) is 1.67. The lowest BCUT2D eigenvalue weighted by molar-refractivity contribution is 0.565. The SMILES string of the molecule is CC(NS(=O)(=O)c1ccc(Cl)cc1)c1nnc(N)s1. The Balaban J connectivity index is 2.19. The molecule has 0 amide bonds. The predicted octanol–water partition coefficient (Wildman–Crippen LogP) is 1.81. The first-order valence-electron chi connectivity index (χ1n) is 5.25. The van der Waals surface area contributed by atoms with Crippen molar-refractivity contribution in [1.82, 2.24) is 14.9 Å². The van der Waals surface area contributed by atoms with Gasteiger partial charge in [-0.2, -0.15) is 0 Å². The lowest BCUT2D eigenvalue weighted by atomic mass is 10.4. The smallest absolute Gasteiger partial charge is 0.241 e. The van der Waals surface area contributed by atoms with Crippen LogP contribution < -0.4 is 10.5 Å². The van der Waals surface area contributed by atoms with Crippen LogP contribution in [-0.4, -0.2) is 18.6 Å². The molecular formula is C10H11ClN4O2S2. The van der Waals surface area contributed by atoms with Crippen LogP contribution >= 0.6 is 22.9 Å². The van der Waals surface area contributed by atoms with Gasteiger partial charge in [-0.25, -0.2) is 13.1 Å². The van der Waals surface area contributed by atoms with Gasteiger partial charge in [0.2, 0.25) is 15.2 Å². The Morgan fingerprint density at radius 1 is 1.32 bits per heavy atom. The largest absolute Gasteiger partial charge is 0.374 e. The molecule has 9 heteroatoms.